The number of nitrogens with zero attached hydrogens (tertiary/aromatic N) is 5. The lowest BCUT2D eigenvalue weighted by Crippen LogP contribution is -2.46. The fourth-order valence-electron chi connectivity index (χ4n) is 2.90. The summed E-state index contributed by atoms with van der Waals surface area (Å²) in [5.74, 6) is 0.888. The van der Waals surface area contributed by atoms with E-state index in [1.54, 1.807) is 6.33 Å². The van der Waals surface area contributed by atoms with E-state index in [1.165, 1.54) is 0 Å². The van der Waals surface area contributed by atoms with Gasteiger partial charge in [0.2, 0.25) is 0 Å². The Kier molecular flexibility index (Phi) is 3.64. The zero-order valence-electron chi connectivity index (χ0n) is 12.7. The van der Waals surface area contributed by atoms with Crippen LogP contribution < -0.4 is 10.6 Å². The van der Waals surface area contributed by atoms with E-state index in [2.05, 4.69) is 20.0 Å². The van der Waals surface area contributed by atoms with Gasteiger partial charge in [-0.2, -0.15) is 5.10 Å². The molecule has 4 rings (SSSR count). The quantitative estimate of drug-likeness (QED) is 0.776. The number of hydrogen-bond acceptors (Lipinski definition) is 6. The smallest absolute Gasteiger partial charge is 0.168 e. The maximum atomic E-state index is 5.74. The van der Waals surface area contributed by atoms with Crippen molar-refractivity contribution in [2.75, 3.05) is 31.1 Å². The van der Waals surface area contributed by atoms with Crippen molar-refractivity contribution >= 4 is 16.9 Å². The molecule has 0 bridgehead atoms. The van der Waals surface area contributed by atoms with Crippen molar-refractivity contribution in [1.29, 1.82) is 0 Å². The van der Waals surface area contributed by atoms with Gasteiger partial charge >= 0.3 is 0 Å². The summed E-state index contributed by atoms with van der Waals surface area (Å²) in [6, 6.07) is 9.97. The van der Waals surface area contributed by atoms with Gasteiger partial charge in [0.1, 0.15) is 12.1 Å². The molecular formula is C16H18N6O. The van der Waals surface area contributed by atoms with Crippen LogP contribution in [0.15, 0.2) is 42.9 Å². The molecule has 7 nitrogen and oxygen atoms in total. The maximum absolute atomic E-state index is 5.74. The molecule has 0 saturated carbocycles. The number of anilines is 1. The van der Waals surface area contributed by atoms with Crippen molar-refractivity contribution < 1.29 is 4.74 Å². The van der Waals surface area contributed by atoms with Crippen molar-refractivity contribution in [3.63, 3.8) is 0 Å². The minimum atomic E-state index is 0.0398. The zero-order chi connectivity index (χ0) is 15.6. The van der Waals surface area contributed by atoms with Crippen molar-refractivity contribution in [1.82, 2.24) is 19.7 Å². The van der Waals surface area contributed by atoms with Gasteiger partial charge in [0.15, 0.2) is 5.65 Å². The first kappa shape index (κ1) is 14.1. The number of morpholine rings is 1. The number of aromatic nitrogens is 4. The second-order valence-corrected chi connectivity index (χ2v) is 5.50. The van der Waals surface area contributed by atoms with Crippen LogP contribution in [0.3, 0.4) is 0 Å². The molecule has 0 amide bonds. The molecule has 2 aromatic heterocycles. The molecule has 1 fully saturated rings. The highest BCUT2D eigenvalue weighted by Crippen LogP contribution is 2.25. The molecule has 1 unspecified atom stereocenters. The first-order valence-electron chi connectivity index (χ1n) is 7.67. The number of benzene rings is 1. The van der Waals surface area contributed by atoms with E-state index in [-0.39, 0.29) is 6.10 Å². The molecule has 3 aromatic rings. The first-order chi connectivity index (χ1) is 11.4. The van der Waals surface area contributed by atoms with Gasteiger partial charge in [-0.25, -0.2) is 14.6 Å². The molecule has 1 aliphatic heterocycles. The summed E-state index contributed by atoms with van der Waals surface area (Å²) >= 11 is 0. The standard InChI is InChI=1S/C16H18N6O/c17-8-13-10-21(6-7-23-13)15-14-9-20-22(16(14)19-11-18-15)12-4-2-1-3-5-12/h1-5,9,11,13H,6-8,10,17H2. The van der Waals surface area contributed by atoms with Gasteiger partial charge in [0, 0.05) is 19.6 Å². The van der Waals surface area contributed by atoms with Crippen LogP contribution in [0.4, 0.5) is 5.82 Å². The highest BCUT2D eigenvalue weighted by molar-refractivity contribution is 5.87. The summed E-state index contributed by atoms with van der Waals surface area (Å²) in [7, 11) is 0. The lowest BCUT2D eigenvalue weighted by Gasteiger charge is -2.33. The molecule has 1 aromatic carbocycles. The largest absolute Gasteiger partial charge is 0.373 e. The van der Waals surface area contributed by atoms with Crippen LogP contribution in [0.1, 0.15) is 0 Å². The molecule has 1 aliphatic rings. The van der Waals surface area contributed by atoms with Crippen LogP contribution in [0, 0.1) is 0 Å². The highest BCUT2D eigenvalue weighted by Gasteiger charge is 2.23. The second kappa shape index (κ2) is 5.94. The molecule has 1 saturated heterocycles. The van der Waals surface area contributed by atoms with Gasteiger partial charge in [-0.15, -0.1) is 0 Å². The molecule has 3 heterocycles. The molecule has 7 heteroatoms. The van der Waals surface area contributed by atoms with E-state index in [9.17, 15) is 0 Å². The number of hydrogen-bond donors (Lipinski definition) is 1. The Morgan fingerprint density at radius 1 is 1.22 bits per heavy atom. The van der Waals surface area contributed by atoms with Crippen LogP contribution in [0.2, 0.25) is 0 Å². The number of ether oxygens (including phenoxy) is 1. The Bertz CT molecular complexity index is 803. The number of fused-ring (bicyclic) bond motifs is 1. The SMILES string of the molecule is NCC1CN(c2ncnc3c2cnn3-c2ccccc2)CCO1. The average molecular weight is 310 g/mol. The topological polar surface area (TPSA) is 82.1 Å². The third-order valence-corrected chi connectivity index (χ3v) is 4.05. The van der Waals surface area contributed by atoms with Gasteiger partial charge in [-0.1, -0.05) is 18.2 Å². The van der Waals surface area contributed by atoms with E-state index in [4.69, 9.17) is 10.5 Å². The Hall–Kier alpha value is -2.51. The maximum Gasteiger partial charge on any atom is 0.168 e. The predicted molar refractivity (Wildman–Crippen MR) is 87.7 cm³/mol. The summed E-state index contributed by atoms with van der Waals surface area (Å²) in [4.78, 5) is 11.1. The molecule has 23 heavy (non-hydrogen) atoms. The molecule has 0 spiro atoms. The van der Waals surface area contributed by atoms with E-state index in [0.717, 1.165) is 35.6 Å². The van der Waals surface area contributed by atoms with E-state index in [1.807, 2.05) is 41.2 Å². The Balaban J connectivity index is 1.76. The first-order valence-corrected chi connectivity index (χ1v) is 7.67. The third-order valence-electron chi connectivity index (χ3n) is 4.05. The van der Waals surface area contributed by atoms with Gasteiger partial charge in [-0.3, -0.25) is 0 Å². The summed E-state index contributed by atoms with van der Waals surface area (Å²) in [6.07, 6.45) is 3.45. The zero-order valence-corrected chi connectivity index (χ0v) is 12.7. The highest BCUT2D eigenvalue weighted by atomic mass is 16.5. The fraction of sp³-hybridized carbons (Fsp3) is 0.312. The lowest BCUT2D eigenvalue weighted by molar-refractivity contribution is 0.0464. The monoisotopic (exact) mass is 310 g/mol. The molecule has 0 radical (unpaired) electrons. The Morgan fingerprint density at radius 2 is 2.09 bits per heavy atom. The third kappa shape index (κ3) is 2.54. The van der Waals surface area contributed by atoms with E-state index >= 15 is 0 Å². The Morgan fingerprint density at radius 3 is 2.91 bits per heavy atom. The van der Waals surface area contributed by atoms with Crippen molar-refractivity contribution in [2.24, 2.45) is 5.73 Å². The van der Waals surface area contributed by atoms with E-state index < -0.39 is 0 Å². The number of para-hydroxylation sites is 1. The van der Waals surface area contributed by atoms with Crippen molar-refractivity contribution in [3.05, 3.63) is 42.9 Å². The average Bonchev–Trinajstić information content (AvgIpc) is 3.06. The minimum Gasteiger partial charge on any atom is -0.373 e. The van der Waals surface area contributed by atoms with Crippen LogP contribution in [-0.4, -0.2) is 52.1 Å². The fourth-order valence-corrected chi connectivity index (χ4v) is 2.90. The summed E-state index contributed by atoms with van der Waals surface area (Å²) in [6.45, 7) is 2.69. The normalized spacial score (nSPS) is 18.5. The van der Waals surface area contributed by atoms with Crippen LogP contribution >= 0.6 is 0 Å². The van der Waals surface area contributed by atoms with Crippen LogP contribution in [0.5, 0.6) is 0 Å². The van der Waals surface area contributed by atoms with E-state index in [0.29, 0.717) is 13.2 Å². The summed E-state index contributed by atoms with van der Waals surface area (Å²) in [5.41, 5.74) is 7.52. The second-order valence-electron chi connectivity index (χ2n) is 5.50. The van der Waals surface area contributed by atoms with Crippen LogP contribution in [-0.2, 0) is 4.74 Å². The molecule has 2 N–H and O–H groups in total. The van der Waals surface area contributed by atoms with Crippen molar-refractivity contribution in [3.8, 4) is 5.69 Å². The summed E-state index contributed by atoms with van der Waals surface area (Å²) < 4.78 is 7.47. The molecule has 118 valence electrons. The Labute approximate surface area is 133 Å². The van der Waals surface area contributed by atoms with Crippen LogP contribution in [0.25, 0.3) is 16.7 Å². The van der Waals surface area contributed by atoms with Gasteiger partial charge < -0.3 is 15.4 Å². The molecular weight excluding hydrogens is 292 g/mol. The van der Waals surface area contributed by atoms with Gasteiger partial charge in [0.25, 0.3) is 0 Å². The van der Waals surface area contributed by atoms with Gasteiger partial charge in [-0.05, 0) is 12.1 Å². The molecule has 0 aliphatic carbocycles. The lowest BCUT2D eigenvalue weighted by atomic mass is 10.2. The van der Waals surface area contributed by atoms with Gasteiger partial charge in [0.05, 0.1) is 30.0 Å². The minimum absolute atomic E-state index is 0.0398. The predicted octanol–water partition coefficient (Wildman–Crippen LogP) is 0.979. The summed E-state index contributed by atoms with van der Waals surface area (Å²) in [5, 5.41) is 5.43. The van der Waals surface area contributed by atoms with Crippen molar-refractivity contribution in [2.45, 2.75) is 6.10 Å². The number of rotatable bonds is 3. The number of nitrogens with two attached hydrogens (primary N) is 1. The molecule has 1 atom stereocenters.